The quantitative estimate of drug-likeness (QED) is 0.851. The van der Waals surface area contributed by atoms with Crippen molar-refractivity contribution in [3.05, 3.63) is 54.1 Å². The third-order valence-electron chi connectivity index (χ3n) is 3.86. The molecule has 0 radical (unpaired) electrons. The van der Waals surface area contributed by atoms with Gasteiger partial charge in [-0.25, -0.2) is 0 Å². The van der Waals surface area contributed by atoms with Gasteiger partial charge in [-0.15, -0.1) is 0 Å². The van der Waals surface area contributed by atoms with E-state index in [4.69, 9.17) is 9.47 Å². The SMILES string of the molecule is COc1ccc([C@H]2[C@@H](OC(C)=O)C(=O)Nc3ccccc3S2=O)cc1. The summed E-state index contributed by atoms with van der Waals surface area (Å²) in [5.41, 5.74) is 1.08. The molecule has 3 atom stereocenters. The van der Waals surface area contributed by atoms with Crippen molar-refractivity contribution in [1.82, 2.24) is 0 Å². The number of benzene rings is 2. The number of carbonyl (C=O) groups excluding carboxylic acids is 2. The summed E-state index contributed by atoms with van der Waals surface area (Å²) in [6, 6.07) is 13.7. The molecule has 0 aromatic heterocycles. The van der Waals surface area contributed by atoms with Crippen LogP contribution in [0.1, 0.15) is 17.7 Å². The number of fused-ring (bicyclic) bond motifs is 1. The highest BCUT2D eigenvalue weighted by Gasteiger charge is 2.41. The highest BCUT2D eigenvalue weighted by molar-refractivity contribution is 7.85. The Balaban J connectivity index is 2.12. The van der Waals surface area contributed by atoms with Gasteiger partial charge in [0.25, 0.3) is 5.91 Å². The average Bonchev–Trinajstić information content (AvgIpc) is 2.70. The predicted molar refractivity (Wildman–Crippen MR) is 92.8 cm³/mol. The molecule has 1 unspecified atom stereocenters. The van der Waals surface area contributed by atoms with Gasteiger partial charge in [-0.05, 0) is 29.8 Å². The summed E-state index contributed by atoms with van der Waals surface area (Å²) in [5.74, 6) is -0.479. The molecule has 0 saturated carbocycles. The molecule has 0 aliphatic carbocycles. The highest BCUT2D eigenvalue weighted by atomic mass is 32.2. The summed E-state index contributed by atoms with van der Waals surface area (Å²) in [6.07, 6.45) is -1.20. The fourth-order valence-electron chi connectivity index (χ4n) is 2.72. The Hall–Kier alpha value is -2.67. The largest absolute Gasteiger partial charge is 0.497 e. The summed E-state index contributed by atoms with van der Waals surface area (Å²) in [5, 5.41) is 1.88. The Morgan fingerprint density at radius 1 is 1.12 bits per heavy atom. The minimum Gasteiger partial charge on any atom is -0.497 e. The standard InChI is InChI=1S/C18H17NO5S/c1-11(20)24-16-17(12-7-9-13(23-2)10-8-12)25(22)15-6-4-3-5-14(15)19-18(16)21/h3-10,16-17H,1-2H3,(H,19,21)/t16-,17+,25?/m1/s1. The van der Waals surface area contributed by atoms with E-state index in [-0.39, 0.29) is 0 Å². The fraction of sp³-hybridized carbons (Fsp3) is 0.222. The topological polar surface area (TPSA) is 81.7 Å². The Kier molecular flexibility index (Phi) is 4.85. The van der Waals surface area contributed by atoms with E-state index in [2.05, 4.69) is 5.32 Å². The van der Waals surface area contributed by atoms with Crippen LogP contribution in [0.3, 0.4) is 0 Å². The number of rotatable bonds is 3. The van der Waals surface area contributed by atoms with Crippen LogP contribution < -0.4 is 10.1 Å². The van der Waals surface area contributed by atoms with Crippen molar-refractivity contribution in [2.75, 3.05) is 12.4 Å². The molecular formula is C18H17NO5S. The van der Waals surface area contributed by atoms with Gasteiger partial charge in [0.1, 0.15) is 11.0 Å². The first kappa shape index (κ1) is 17.2. The molecule has 7 heteroatoms. The lowest BCUT2D eigenvalue weighted by Crippen LogP contribution is -2.36. The van der Waals surface area contributed by atoms with Crippen molar-refractivity contribution in [1.29, 1.82) is 0 Å². The number of hydrogen-bond donors (Lipinski definition) is 1. The van der Waals surface area contributed by atoms with Gasteiger partial charge in [-0.3, -0.25) is 13.8 Å². The fourth-order valence-corrected chi connectivity index (χ4v) is 4.35. The van der Waals surface area contributed by atoms with Crippen molar-refractivity contribution in [2.45, 2.75) is 23.2 Å². The van der Waals surface area contributed by atoms with E-state index in [1.54, 1.807) is 55.6 Å². The number of carbonyl (C=O) groups is 2. The minimum atomic E-state index is -1.60. The second-order valence-electron chi connectivity index (χ2n) is 5.51. The lowest BCUT2D eigenvalue weighted by Gasteiger charge is -2.23. The van der Waals surface area contributed by atoms with E-state index in [1.165, 1.54) is 6.92 Å². The van der Waals surface area contributed by atoms with Gasteiger partial charge in [0, 0.05) is 6.92 Å². The number of esters is 1. The predicted octanol–water partition coefficient (Wildman–Crippen LogP) is 2.43. The molecule has 1 N–H and O–H groups in total. The van der Waals surface area contributed by atoms with Gasteiger partial charge in [0.2, 0.25) is 0 Å². The third-order valence-corrected chi connectivity index (χ3v) is 5.63. The zero-order valence-electron chi connectivity index (χ0n) is 13.7. The lowest BCUT2D eigenvalue weighted by molar-refractivity contribution is -0.152. The highest BCUT2D eigenvalue weighted by Crippen LogP contribution is 2.37. The molecule has 25 heavy (non-hydrogen) atoms. The van der Waals surface area contributed by atoms with Crippen molar-refractivity contribution >= 4 is 28.4 Å². The number of hydrogen-bond acceptors (Lipinski definition) is 5. The molecule has 0 bridgehead atoms. The molecule has 1 aliphatic rings. The van der Waals surface area contributed by atoms with Crippen LogP contribution in [0.4, 0.5) is 5.69 Å². The van der Waals surface area contributed by atoms with Gasteiger partial charge >= 0.3 is 5.97 Å². The summed E-state index contributed by atoms with van der Waals surface area (Å²) < 4.78 is 23.6. The van der Waals surface area contributed by atoms with Crippen LogP contribution in [0.5, 0.6) is 5.75 Å². The zero-order valence-corrected chi connectivity index (χ0v) is 14.5. The Bertz CT molecular complexity index is 834. The van der Waals surface area contributed by atoms with Crippen molar-refractivity contribution in [2.24, 2.45) is 0 Å². The number of methoxy groups -OCH3 is 1. The summed E-state index contributed by atoms with van der Waals surface area (Å²) in [6.45, 7) is 1.22. The van der Waals surface area contributed by atoms with E-state index in [1.807, 2.05) is 0 Å². The maximum Gasteiger partial charge on any atom is 0.303 e. The van der Waals surface area contributed by atoms with Crippen LogP contribution in [0.2, 0.25) is 0 Å². The molecule has 2 aromatic rings. The second kappa shape index (κ2) is 7.06. The van der Waals surface area contributed by atoms with Crippen molar-refractivity contribution in [3.8, 4) is 5.75 Å². The normalized spacial score (nSPS) is 22.3. The monoisotopic (exact) mass is 359 g/mol. The molecule has 6 nitrogen and oxygen atoms in total. The van der Waals surface area contributed by atoms with E-state index < -0.39 is 34.0 Å². The van der Waals surface area contributed by atoms with Crippen LogP contribution in [-0.2, 0) is 25.1 Å². The lowest BCUT2D eigenvalue weighted by atomic mass is 10.1. The maximum absolute atomic E-state index is 13.2. The van der Waals surface area contributed by atoms with E-state index >= 15 is 0 Å². The Morgan fingerprint density at radius 3 is 2.44 bits per heavy atom. The van der Waals surface area contributed by atoms with Crippen molar-refractivity contribution < 1.29 is 23.3 Å². The first-order valence-corrected chi connectivity index (χ1v) is 8.84. The Labute approximate surface area is 147 Å². The van der Waals surface area contributed by atoms with Crippen LogP contribution in [0, 0.1) is 0 Å². The Morgan fingerprint density at radius 2 is 1.80 bits per heavy atom. The third kappa shape index (κ3) is 3.41. The molecule has 0 spiro atoms. The second-order valence-corrected chi connectivity index (χ2v) is 7.05. The van der Waals surface area contributed by atoms with Crippen LogP contribution in [0.25, 0.3) is 0 Å². The van der Waals surface area contributed by atoms with Gasteiger partial charge in [0.05, 0.1) is 28.5 Å². The van der Waals surface area contributed by atoms with Gasteiger partial charge in [-0.2, -0.15) is 0 Å². The van der Waals surface area contributed by atoms with Crippen LogP contribution >= 0.6 is 0 Å². The van der Waals surface area contributed by atoms with Gasteiger partial charge in [0.15, 0.2) is 6.10 Å². The molecule has 3 rings (SSSR count). The first-order valence-electron chi connectivity index (χ1n) is 7.63. The number of para-hydroxylation sites is 1. The number of amides is 1. The average molecular weight is 359 g/mol. The summed E-state index contributed by atoms with van der Waals surface area (Å²) in [7, 11) is -0.0526. The summed E-state index contributed by atoms with van der Waals surface area (Å²) in [4.78, 5) is 24.6. The number of anilines is 1. The molecule has 1 aliphatic heterocycles. The smallest absolute Gasteiger partial charge is 0.303 e. The molecule has 1 amide bonds. The van der Waals surface area contributed by atoms with Gasteiger partial charge < -0.3 is 14.8 Å². The molecule has 0 saturated heterocycles. The molecule has 1 heterocycles. The van der Waals surface area contributed by atoms with Crippen LogP contribution in [0.15, 0.2) is 53.4 Å². The summed E-state index contributed by atoms with van der Waals surface area (Å²) >= 11 is 0. The van der Waals surface area contributed by atoms with E-state index in [0.29, 0.717) is 21.9 Å². The minimum absolute atomic E-state index is 0.457. The van der Waals surface area contributed by atoms with E-state index in [0.717, 1.165) is 0 Å². The molecule has 130 valence electrons. The van der Waals surface area contributed by atoms with Crippen LogP contribution in [-0.4, -0.2) is 29.3 Å². The van der Waals surface area contributed by atoms with Crippen molar-refractivity contribution in [3.63, 3.8) is 0 Å². The zero-order chi connectivity index (χ0) is 18.0. The number of ether oxygens (including phenoxy) is 2. The maximum atomic E-state index is 13.2. The van der Waals surface area contributed by atoms with E-state index in [9.17, 15) is 13.8 Å². The van der Waals surface area contributed by atoms with Gasteiger partial charge in [-0.1, -0.05) is 24.3 Å². The molecule has 2 aromatic carbocycles. The number of nitrogens with one attached hydrogen (secondary N) is 1. The molecule has 0 fully saturated rings. The first-order chi connectivity index (χ1) is 12.0. The molecular weight excluding hydrogens is 342 g/mol.